The Morgan fingerprint density at radius 1 is 1.14 bits per heavy atom. The molecule has 0 spiro atoms. The van der Waals surface area contributed by atoms with Crippen LogP contribution >= 0.6 is 0 Å². The molecule has 2 fully saturated rings. The molecule has 1 amide bonds. The van der Waals surface area contributed by atoms with E-state index in [1.807, 2.05) is 4.90 Å². The van der Waals surface area contributed by atoms with Crippen molar-refractivity contribution in [1.29, 1.82) is 0 Å². The molecule has 1 saturated carbocycles. The molecule has 7 heteroatoms. The molecule has 1 aromatic heterocycles. The number of rotatable bonds is 4. The molecule has 0 unspecified atom stereocenters. The maximum absolute atomic E-state index is 12.3. The lowest BCUT2D eigenvalue weighted by Gasteiger charge is -2.34. The number of carbonyl (C=O) groups is 1. The van der Waals surface area contributed by atoms with Gasteiger partial charge in [0.1, 0.15) is 0 Å². The zero-order chi connectivity index (χ0) is 15.7. The van der Waals surface area contributed by atoms with E-state index in [1.54, 1.807) is 6.92 Å². The van der Waals surface area contributed by atoms with Gasteiger partial charge in [0.05, 0.1) is 0 Å². The molecule has 1 aliphatic carbocycles. The number of hydrogen-bond donors (Lipinski definition) is 2. The summed E-state index contributed by atoms with van der Waals surface area (Å²) in [5.74, 6) is 0.0837. The number of H-pyrrole nitrogens is 2. The molecule has 1 saturated heterocycles. The minimum absolute atomic E-state index is 0.0837. The molecule has 1 aliphatic heterocycles. The molecular weight excluding hydrogens is 284 g/mol. The van der Waals surface area contributed by atoms with Crippen LogP contribution in [0.15, 0.2) is 9.59 Å². The molecular formula is C15H22N4O3. The predicted molar refractivity (Wildman–Crippen MR) is 81.9 cm³/mol. The Bertz CT molecular complexity index is 666. The van der Waals surface area contributed by atoms with Crippen LogP contribution in [0.4, 0.5) is 0 Å². The first-order valence-electron chi connectivity index (χ1n) is 7.88. The number of carbonyl (C=O) groups excluding carboxylic acids is 1. The second kappa shape index (κ2) is 6.08. The Morgan fingerprint density at radius 2 is 1.82 bits per heavy atom. The molecule has 7 nitrogen and oxygen atoms in total. The van der Waals surface area contributed by atoms with Gasteiger partial charge in [0.2, 0.25) is 5.91 Å². The average molecular weight is 306 g/mol. The summed E-state index contributed by atoms with van der Waals surface area (Å²) < 4.78 is 0. The standard InChI is InChI=1S/C15H22N4O3/c1-10-12(14(21)17-15(22)16-10)4-5-13(20)19-8-6-18(7-9-19)11-2-3-11/h11H,2-9H2,1H3,(H2,16,17,21,22). The molecule has 0 aromatic carbocycles. The Labute approximate surface area is 128 Å². The molecule has 0 bridgehead atoms. The average Bonchev–Trinajstić information content (AvgIpc) is 3.30. The van der Waals surface area contributed by atoms with Gasteiger partial charge >= 0.3 is 5.69 Å². The Balaban J connectivity index is 1.54. The second-order valence-electron chi connectivity index (χ2n) is 6.16. The van der Waals surface area contributed by atoms with Crippen molar-refractivity contribution >= 4 is 5.91 Å². The lowest BCUT2D eigenvalue weighted by Crippen LogP contribution is -2.49. The highest BCUT2D eigenvalue weighted by Gasteiger charge is 2.32. The number of aromatic nitrogens is 2. The van der Waals surface area contributed by atoms with Crippen molar-refractivity contribution in [2.45, 2.75) is 38.6 Å². The van der Waals surface area contributed by atoms with Crippen molar-refractivity contribution in [3.05, 3.63) is 32.1 Å². The van der Waals surface area contributed by atoms with Crippen LogP contribution in [-0.2, 0) is 11.2 Å². The summed E-state index contributed by atoms with van der Waals surface area (Å²) in [6.07, 6.45) is 3.25. The predicted octanol–water partition coefficient (Wildman–Crippen LogP) is -0.389. The highest BCUT2D eigenvalue weighted by atomic mass is 16.2. The van der Waals surface area contributed by atoms with Gasteiger partial charge in [-0.3, -0.25) is 19.5 Å². The molecule has 22 heavy (non-hydrogen) atoms. The van der Waals surface area contributed by atoms with Crippen LogP contribution < -0.4 is 11.2 Å². The summed E-state index contributed by atoms with van der Waals surface area (Å²) in [7, 11) is 0. The minimum Gasteiger partial charge on any atom is -0.340 e. The van der Waals surface area contributed by atoms with Crippen molar-refractivity contribution in [1.82, 2.24) is 19.8 Å². The molecule has 1 aromatic rings. The van der Waals surface area contributed by atoms with E-state index >= 15 is 0 Å². The van der Waals surface area contributed by atoms with Crippen LogP contribution in [0.25, 0.3) is 0 Å². The highest BCUT2D eigenvalue weighted by Crippen LogP contribution is 2.27. The number of aryl methyl sites for hydroxylation is 1. The van der Waals surface area contributed by atoms with E-state index in [2.05, 4.69) is 14.9 Å². The lowest BCUT2D eigenvalue weighted by atomic mass is 10.1. The maximum atomic E-state index is 12.3. The Morgan fingerprint density at radius 3 is 2.41 bits per heavy atom. The summed E-state index contributed by atoms with van der Waals surface area (Å²) in [4.78, 5) is 44.3. The monoisotopic (exact) mass is 306 g/mol. The van der Waals surface area contributed by atoms with Gasteiger partial charge in [0.15, 0.2) is 0 Å². The van der Waals surface area contributed by atoms with Crippen molar-refractivity contribution in [2.24, 2.45) is 0 Å². The summed E-state index contributed by atoms with van der Waals surface area (Å²) in [5.41, 5.74) is 0.131. The molecule has 0 radical (unpaired) electrons. The Kier molecular flexibility index (Phi) is 4.15. The van der Waals surface area contributed by atoms with E-state index in [0.29, 0.717) is 24.1 Å². The fourth-order valence-electron chi connectivity index (χ4n) is 3.09. The van der Waals surface area contributed by atoms with Gasteiger partial charge in [-0.25, -0.2) is 4.79 Å². The third-order valence-electron chi connectivity index (χ3n) is 4.57. The topological polar surface area (TPSA) is 89.3 Å². The summed E-state index contributed by atoms with van der Waals surface area (Å²) in [6.45, 7) is 5.14. The van der Waals surface area contributed by atoms with Gasteiger partial charge in [0, 0.05) is 49.9 Å². The van der Waals surface area contributed by atoms with Crippen molar-refractivity contribution in [3.8, 4) is 0 Å². The number of nitrogens with zero attached hydrogens (tertiary/aromatic N) is 2. The SMILES string of the molecule is Cc1[nH]c(=O)[nH]c(=O)c1CCC(=O)N1CCN(C2CC2)CC1. The maximum Gasteiger partial charge on any atom is 0.325 e. The largest absolute Gasteiger partial charge is 0.340 e. The number of amides is 1. The van der Waals surface area contributed by atoms with Crippen LogP contribution in [0.2, 0.25) is 0 Å². The minimum atomic E-state index is -0.506. The first-order chi connectivity index (χ1) is 10.5. The highest BCUT2D eigenvalue weighted by molar-refractivity contribution is 5.76. The summed E-state index contributed by atoms with van der Waals surface area (Å²) >= 11 is 0. The van der Waals surface area contributed by atoms with Gasteiger partial charge in [-0.15, -0.1) is 0 Å². The first kappa shape index (κ1) is 15.0. The van der Waals surface area contributed by atoms with Crippen LogP contribution in [0.1, 0.15) is 30.5 Å². The van der Waals surface area contributed by atoms with Crippen LogP contribution in [0.5, 0.6) is 0 Å². The molecule has 2 N–H and O–H groups in total. The van der Waals surface area contributed by atoms with Gasteiger partial charge in [0.25, 0.3) is 5.56 Å². The van der Waals surface area contributed by atoms with Crippen molar-refractivity contribution < 1.29 is 4.79 Å². The Hall–Kier alpha value is -1.89. The van der Waals surface area contributed by atoms with E-state index in [0.717, 1.165) is 32.2 Å². The van der Waals surface area contributed by atoms with E-state index in [9.17, 15) is 14.4 Å². The summed E-state index contributed by atoms with van der Waals surface area (Å²) in [5, 5.41) is 0. The zero-order valence-corrected chi connectivity index (χ0v) is 12.9. The number of nitrogens with one attached hydrogen (secondary N) is 2. The van der Waals surface area contributed by atoms with Crippen LogP contribution in [0.3, 0.4) is 0 Å². The number of piperazine rings is 1. The fraction of sp³-hybridized carbons (Fsp3) is 0.667. The lowest BCUT2D eigenvalue weighted by molar-refractivity contribution is -0.133. The van der Waals surface area contributed by atoms with Gasteiger partial charge < -0.3 is 9.88 Å². The van der Waals surface area contributed by atoms with Gasteiger partial charge in [-0.1, -0.05) is 0 Å². The van der Waals surface area contributed by atoms with E-state index in [4.69, 9.17) is 0 Å². The molecule has 3 rings (SSSR count). The molecule has 2 heterocycles. The normalized spacial score (nSPS) is 19.4. The third-order valence-corrected chi connectivity index (χ3v) is 4.57. The van der Waals surface area contributed by atoms with Crippen molar-refractivity contribution in [2.75, 3.05) is 26.2 Å². The molecule has 120 valence electrons. The number of hydrogen-bond acceptors (Lipinski definition) is 4. The number of aromatic amines is 2. The van der Waals surface area contributed by atoms with E-state index < -0.39 is 11.2 Å². The van der Waals surface area contributed by atoms with E-state index in [-0.39, 0.29) is 5.91 Å². The fourth-order valence-corrected chi connectivity index (χ4v) is 3.09. The second-order valence-corrected chi connectivity index (χ2v) is 6.16. The summed E-state index contributed by atoms with van der Waals surface area (Å²) in [6, 6.07) is 0.750. The third kappa shape index (κ3) is 3.30. The van der Waals surface area contributed by atoms with Crippen molar-refractivity contribution in [3.63, 3.8) is 0 Å². The first-order valence-corrected chi connectivity index (χ1v) is 7.88. The van der Waals surface area contributed by atoms with Crippen LogP contribution in [-0.4, -0.2) is 57.9 Å². The van der Waals surface area contributed by atoms with Gasteiger partial charge in [-0.05, 0) is 26.2 Å². The quantitative estimate of drug-likeness (QED) is 0.793. The van der Waals surface area contributed by atoms with E-state index in [1.165, 1.54) is 12.8 Å². The van der Waals surface area contributed by atoms with Gasteiger partial charge in [-0.2, -0.15) is 0 Å². The smallest absolute Gasteiger partial charge is 0.325 e. The molecule has 0 atom stereocenters. The molecule has 2 aliphatic rings. The van der Waals surface area contributed by atoms with Crippen LogP contribution in [0, 0.1) is 6.92 Å². The zero-order valence-electron chi connectivity index (χ0n) is 12.9.